The first-order chi connectivity index (χ1) is 21.8. The number of fused-ring (bicyclic) bond motifs is 1. The lowest BCUT2D eigenvalue weighted by Crippen LogP contribution is -2.48. The molecule has 0 saturated carbocycles. The highest BCUT2D eigenvalue weighted by Gasteiger charge is 2.38. The molecule has 3 aliphatic rings. The minimum absolute atomic E-state index is 0.146. The predicted octanol–water partition coefficient (Wildman–Crippen LogP) is 7.54. The Kier molecular flexibility index (Phi) is 9.78. The first-order valence-electron chi connectivity index (χ1n) is 16.5. The molecule has 45 heavy (non-hydrogen) atoms. The zero-order valence-corrected chi connectivity index (χ0v) is 27.0. The summed E-state index contributed by atoms with van der Waals surface area (Å²) >= 11 is 0. The van der Waals surface area contributed by atoms with E-state index in [1.54, 1.807) is 4.90 Å². The van der Waals surface area contributed by atoms with Crippen LogP contribution in [0.5, 0.6) is 5.75 Å². The zero-order valence-electron chi connectivity index (χ0n) is 27.0. The molecule has 2 aliphatic heterocycles. The average molecular weight is 614 g/mol. The monoisotopic (exact) mass is 613 g/mol. The smallest absolute Gasteiger partial charge is 0.410 e. The number of hydrogen-bond donors (Lipinski definition) is 0. The van der Waals surface area contributed by atoms with E-state index in [0.29, 0.717) is 39.5 Å². The molecule has 0 aromatic heterocycles. The summed E-state index contributed by atoms with van der Waals surface area (Å²) in [5, 5.41) is 0. The van der Waals surface area contributed by atoms with Gasteiger partial charge in [0.05, 0.1) is 39.1 Å². The topological polar surface area (TPSA) is 66.5 Å². The summed E-state index contributed by atoms with van der Waals surface area (Å²) in [6, 6.07) is 25.3. The maximum atomic E-state index is 13.0. The summed E-state index contributed by atoms with van der Waals surface area (Å²) in [5.74, 6) is 0.314. The Bertz CT molecular complexity index is 1410. The number of aryl methyl sites for hydroxylation is 2. The number of likely N-dealkylation sites (tertiary alicyclic amines) is 1. The third-order valence-electron chi connectivity index (χ3n) is 9.03. The van der Waals surface area contributed by atoms with Crippen molar-refractivity contribution in [3.63, 3.8) is 0 Å². The van der Waals surface area contributed by atoms with Gasteiger partial charge >= 0.3 is 6.09 Å². The van der Waals surface area contributed by atoms with Gasteiger partial charge in [0.2, 0.25) is 0 Å². The lowest BCUT2D eigenvalue weighted by molar-refractivity contribution is -0.172. The van der Waals surface area contributed by atoms with Gasteiger partial charge in [-0.15, -0.1) is 0 Å². The highest BCUT2D eigenvalue weighted by Crippen LogP contribution is 2.36. The molecule has 2 unspecified atom stereocenters. The molecule has 240 valence electrons. The first kappa shape index (κ1) is 31.6. The molecule has 0 bridgehead atoms. The summed E-state index contributed by atoms with van der Waals surface area (Å²) in [6.07, 6.45) is 5.45. The number of benzene rings is 3. The van der Waals surface area contributed by atoms with Crippen LogP contribution in [0.15, 0.2) is 72.8 Å². The van der Waals surface area contributed by atoms with Crippen LogP contribution in [0, 0.1) is 0 Å². The van der Waals surface area contributed by atoms with Crippen molar-refractivity contribution in [2.75, 3.05) is 32.9 Å². The van der Waals surface area contributed by atoms with Crippen LogP contribution in [0.25, 0.3) is 0 Å². The van der Waals surface area contributed by atoms with Crippen molar-refractivity contribution >= 4 is 6.09 Å². The van der Waals surface area contributed by atoms with Crippen molar-refractivity contribution in [3.8, 4) is 5.75 Å². The van der Waals surface area contributed by atoms with E-state index in [1.165, 1.54) is 35.1 Å². The molecular weight excluding hydrogens is 566 g/mol. The third kappa shape index (κ3) is 7.89. The second-order valence-corrected chi connectivity index (χ2v) is 13.5. The van der Waals surface area contributed by atoms with E-state index in [1.807, 2.05) is 51.1 Å². The number of hydrogen-bond acceptors (Lipinski definition) is 6. The number of amides is 1. The Morgan fingerprint density at radius 3 is 2.47 bits per heavy atom. The summed E-state index contributed by atoms with van der Waals surface area (Å²) in [6.45, 7) is 9.14. The first-order valence-corrected chi connectivity index (χ1v) is 16.5. The van der Waals surface area contributed by atoms with Crippen molar-refractivity contribution in [1.29, 1.82) is 0 Å². The third-order valence-corrected chi connectivity index (χ3v) is 9.03. The highest BCUT2D eigenvalue weighted by atomic mass is 16.7. The van der Waals surface area contributed by atoms with Gasteiger partial charge in [-0.25, -0.2) is 4.79 Å². The Balaban J connectivity index is 1.08. The molecule has 2 fully saturated rings. The van der Waals surface area contributed by atoms with E-state index >= 15 is 0 Å². The number of ether oxygens (including phenoxy) is 5. The zero-order chi connectivity index (χ0) is 31.3. The summed E-state index contributed by atoms with van der Waals surface area (Å²) < 4.78 is 30.6. The van der Waals surface area contributed by atoms with Crippen LogP contribution in [0.1, 0.15) is 80.2 Å². The standard InChI is InChI=1S/C38H47NO6/c1-37(2,3)45-36(40)39-21-19-34(35(26-39)42-27-28-13-14-29-9-7-10-31(29)25-28)30-15-17-33(18-16-30)41-22-8-20-38(43-23-24-44-38)32-11-5-4-6-12-32/h4-6,11-18,25,34-35H,7-10,19-24,26-27H2,1-3H3. The molecule has 1 amide bonds. The molecule has 2 atom stereocenters. The van der Waals surface area contributed by atoms with Gasteiger partial charge in [-0.05, 0) is 87.3 Å². The number of rotatable bonds is 10. The maximum absolute atomic E-state index is 13.0. The van der Waals surface area contributed by atoms with E-state index in [4.69, 9.17) is 23.7 Å². The van der Waals surface area contributed by atoms with Crippen LogP contribution >= 0.6 is 0 Å². The highest BCUT2D eigenvalue weighted by molar-refractivity contribution is 5.68. The van der Waals surface area contributed by atoms with Gasteiger partial charge in [-0.3, -0.25) is 0 Å². The average Bonchev–Trinajstić information content (AvgIpc) is 3.72. The van der Waals surface area contributed by atoms with Crippen LogP contribution in [0.2, 0.25) is 0 Å². The second kappa shape index (κ2) is 13.9. The van der Waals surface area contributed by atoms with Crippen molar-refractivity contribution in [2.24, 2.45) is 0 Å². The van der Waals surface area contributed by atoms with Gasteiger partial charge in [0.15, 0.2) is 5.79 Å². The van der Waals surface area contributed by atoms with E-state index in [0.717, 1.165) is 37.0 Å². The van der Waals surface area contributed by atoms with Crippen LogP contribution < -0.4 is 4.74 Å². The summed E-state index contributed by atoms with van der Waals surface area (Å²) in [5.41, 5.74) is 5.81. The fourth-order valence-corrected chi connectivity index (χ4v) is 6.79. The molecule has 1 aliphatic carbocycles. The van der Waals surface area contributed by atoms with E-state index < -0.39 is 11.4 Å². The van der Waals surface area contributed by atoms with Gasteiger partial charge < -0.3 is 28.6 Å². The predicted molar refractivity (Wildman–Crippen MR) is 173 cm³/mol. The van der Waals surface area contributed by atoms with Crippen molar-refractivity contribution in [3.05, 3.63) is 101 Å². The SMILES string of the molecule is CC(C)(C)OC(=O)N1CCC(c2ccc(OCCCC3(c4ccccc4)OCCO3)cc2)C(OCc2ccc3c(c2)CCC3)C1. The van der Waals surface area contributed by atoms with Crippen molar-refractivity contribution < 1.29 is 28.5 Å². The molecule has 0 radical (unpaired) electrons. The van der Waals surface area contributed by atoms with Crippen molar-refractivity contribution in [2.45, 2.75) is 89.3 Å². The Labute approximate surface area is 267 Å². The molecule has 7 nitrogen and oxygen atoms in total. The van der Waals surface area contributed by atoms with Crippen LogP contribution in [0.3, 0.4) is 0 Å². The van der Waals surface area contributed by atoms with E-state index in [9.17, 15) is 4.79 Å². The number of carbonyl (C=O) groups is 1. The van der Waals surface area contributed by atoms with Gasteiger partial charge in [0.1, 0.15) is 11.4 Å². The Morgan fingerprint density at radius 2 is 1.71 bits per heavy atom. The quantitative estimate of drug-likeness (QED) is 0.220. The van der Waals surface area contributed by atoms with Gasteiger partial charge in [-0.2, -0.15) is 0 Å². The van der Waals surface area contributed by atoms with Crippen LogP contribution in [0.4, 0.5) is 4.79 Å². The van der Waals surface area contributed by atoms with E-state index in [2.05, 4.69) is 42.5 Å². The molecule has 7 heteroatoms. The molecular formula is C38H47NO6. The van der Waals surface area contributed by atoms with Crippen LogP contribution in [-0.2, 0) is 44.2 Å². The van der Waals surface area contributed by atoms with Gasteiger partial charge in [0.25, 0.3) is 0 Å². The largest absolute Gasteiger partial charge is 0.494 e. The summed E-state index contributed by atoms with van der Waals surface area (Å²) in [7, 11) is 0. The minimum Gasteiger partial charge on any atom is -0.494 e. The normalized spacial score (nSPS) is 21.0. The lowest BCUT2D eigenvalue weighted by atomic mass is 9.87. The molecule has 3 aromatic rings. The van der Waals surface area contributed by atoms with E-state index in [-0.39, 0.29) is 18.1 Å². The maximum Gasteiger partial charge on any atom is 0.410 e. The van der Waals surface area contributed by atoms with Gasteiger partial charge in [0, 0.05) is 24.4 Å². The minimum atomic E-state index is -0.683. The fraction of sp³-hybridized carbons (Fsp3) is 0.500. The van der Waals surface area contributed by atoms with Gasteiger partial charge in [-0.1, -0.05) is 60.7 Å². The second-order valence-electron chi connectivity index (χ2n) is 13.5. The van der Waals surface area contributed by atoms with Crippen molar-refractivity contribution in [1.82, 2.24) is 4.90 Å². The molecule has 0 N–H and O–H groups in total. The Hall–Kier alpha value is -3.39. The number of piperidine rings is 1. The molecule has 2 heterocycles. The molecule has 0 spiro atoms. The number of nitrogens with zero attached hydrogens (tertiary/aromatic N) is 1. The molecule has 2 saturated heterocycles. The summed E-state index contributed by atoms with van der Waals surface area (Å²) in [4.78, 5) is 14.8. The lowest BCUT2D eigenvalue weighted by Gasteiger charge is -2.39. The molecule has 3 aromatic carbocycles. The number of carbonyl (C=O) groups excluding carboxylic acids is 1. The van der Waals surface area contributed by atoms with Crippen LogP contribution in [-0.4, -0.2) is 55.6 Å². The fourth-order valence-electron chi connectivity index (χ4n) is 6.79. The Morgan fingerprint density at radius 1 is 0.956 bits per heavy atom. The molecule has 6 rings (SSSR count).